The third kappa shape index (κ3) is 3.41. The van der Waals surface area contributed by atoms with Crippen molar-refractivity contribution in [1.82, 2.24) is 5.32 Å². The second-order valence-electron chi connectivity index (χ2n) is 5.36. The van der Waals surface area contributed by atoms with Crippen LogP contribution in [0.25, 0.3) is 0 Å². The Morgan fingerprint density at radius 3 is 3.00 bits per heavy atom. The van der Waals surface area contributed by atoms with E-state index < -0.39 is 10.7 Å². The zero-order valence-corrected chi connectivity index (χ0v) is 10.9. The number of anilines is 1. The Labute approximate surface area is 111 Å². The first-order chi connectivity index (χ1) is 9.00. The van der Waals surface area contributed by atoms with E-state index in [4.69, 9.17) is 0 Å². The van der Waals surface area contributed by atoms with Gasteiger partial charge in [0.05, 0.1) is 11.0 Å². The molecule has 1 aromatic rings. The average molecular weight is 267 g/mol. The van der Waals surface area contributed by atoms with Crippen molar-refractivity contribution in [1.29, 1.82) is 0 Å². The van der Waals surface area contributed by atoms with Gasteiger partial charge in [-0.2, -0.15) is 0 Å². The van der Waals surface area contributed by atoms with Crippen molar-refractivity contribution >= 4 is 11.4 Å². The first kappa shape index (κ1) is 13.7. The molecule has 2 N–H and O–H groups in total. The Morgan fingerprint density at radius 1 is 1.58 bits per heavy atom. The van der Waals surface area contributed by atoms with E-state index in [1.165, 1.54) is 12.1 Å². The zero-order valence-electron chi connectivity index (χ0n) is 10.9. The van der Waals surface area contributed by atoms with Gasteiger partial charge in [-0.05, 0) is 36.9 Å². The number of nitrogens with one attached hydrogen (secondary N) is 2. The highest BCUT2D eigenvalue weighted by atomic mass is 19.1. The lowest BCUT2D eigenvalue weighted by Gasteiger charge is -2.34. The second-order valence-corrected chi connectivity index (χ2v) is 5.36. The molecule has 1 aromatic carbocycles. The number of benzene rings is 1. The summed E-state index contributed by atoms with van der Waals surface area (Å²) in [6.07, 6.45) is 2.17. The van der Waals surface area contributed by atoms with Crippen molar-refractivity contribution in [3.8, 4) is 0 Å². The fourth-order valence-corrected chi connectivity index (χ4v) is 2.38. The molecule has 0 spiro atoms. The van der Waals surface area contributed by atoms with E-state index in [1.54, 1.807) is 0 Å². The Kier molecular flexibility index (Phi) is 3.99. The summed E-state index contributed by atoms with van der Waals surface area (Å²) in [7, 11) is 0. The first-order valence-corrected chi connectivity index (χ1v) is 6.39. The SMILES string of the molecule is CC1(CNc2ccc(F)cc2[N+](=O)[O-])CCCNC1. The highest BCUT2D eigenvalue weighted by Crippen LogP contribution is 2.29. The number of piperidine rings is 1. The lowest BCUT2D eigenvalue weighted by molar-refractivity contribution is -0.384. The van der Waals surface area contributed by atoms with E-state index in [-0.39, 0.29) is 11.1 Å². The molecule has 1 aliphatic rings. The Morgan fingerprint density at radius 2 is 2.37 bits per heavy atom. The number of halogens is 1. The van der Waals surface area contributed by atoms with Crippen molar-refractivity contribution in [2.24, 2.45) is 5.41 Å². The molecule has 1 aliphatic heterocycles. The molecule has 2 rings (SSSR count). The summed E-state index contributed by atoms with van der Waals surface area (Å²) in [4.78, 5) is 10.3. The van der Waals surface area contributed by atoms with Crippen LogP contribution in [0.15, 0.2) is 18.2 Å². The summed E-state index contributed by atoms with van der Waals surface area (Å²) in [6, 6.07) is 3.60. The van der Waals surface area contributed by atoms with Crippen molar-refractivity contribution in [2.75, 3.05) is 25.0 Å². The maximum absolute atomic E-state index is 13.0. The number of hydrogen-bond acceptors (Lipinski definition) is 4. The molecule has 0 aliphatic carbocycles. The van der Waals surface area contributed by atoms with E-state index >= 15 is 0 Å². The monoisotopic (exact) mass is 267 g/mol. The van der Waals surface area contributed by atoms with Crippen LogP contribution in [0.2, 0.25) is 0 Å². The van der Waals surface area contributed by atoms with Gasteiger partial charge in [-0.25, -0.2) is 4.39 Å². The number of nitro groups is 1. The molecular weight excluding hydrogens is 249 g/mol. The normalized spacial score (nSPS) is 23.1. The van der Waals surface area contributed by atoms with Crippen molar-refractivity contribution < 1.29 is 9.31 Å². The van der Waals surface area contributed by atoms with Gasteiger partial charge in [-0.3, -0.25) is 10.1 Å². The summed E-state index contributed by atoms with van der Waals surface area (Å²) >= 11 is 0. The number of nitro benzene ring substituents is 1. The van der Waals surface area contributed by atoms with E-state index in [1.807, 2.05) is 0 Å². The van der Waals surface area contributed by atoms with Crippen LogP contribution in [0.5, 0.6) is 0 Å². The number of hydrogen-bond donors (Lipinski definition) is 2. The predicted molar refractivity (Wildman–Crippen MR) is 71.8 cm³/mol. The molecule has 0 aromatic heterocycles. The van der Waals surface area contributed by atoms with Gasteiger partial charge < -0.3 is 10.6 Å². The minimum Gasteiger partial charge on any atom is -0.379 e. The lowest BCUT2D eigenvalue weighted by atomic mass is 9.83. The molecule has 0 saturated carbocycles. The van der Waals surface area contributed by atoms with Crippen molar-refractivity contribution in [3.05, 3.63) is 34.1 Å². The van der Waals surface area contributed by atoms with Gasteiger partial charge in [-0.15, -0.1) is 0 Å². The predicted octanol–water partition coefficient (Wildman–Crippen LogP) is 2.54. The molecule has 6 heteroatoms. The Bertz CT molecular complexity index is 473. The van der Waals surface area contributed by atoms with Crippen molar-refractivity contribution in [2.45, 2.75) is 19.8 Å². The van der Waals surface area contributed by atoms with Crippen LogP contribution in [0, 0.1) is 21.3 Å². The molecular formula is C13H18FN3O2. The minimum atomic E-state index is -0.595. The summed E-state index contributed by atoms with van der Waals surface area (Å²) in [5.41, 5.74) is 0.228. The van der Waals surface area contributed by atoms with E-state index in [2.05, 4.69) is 17.6 Å². The number of rotatable bonds is 4. The third-order valence-corrected chi connectivity index (χ3v) is 3.55. The van der Waals surface area contributed by atoms with Gasteiger partial charge in [-0.1, -0.05) is 6.92 Å². The minimum absolute atomic E-state index is 0.0699. The molecule has 5 nitrogen and oxygen atoms in total. The van der Waals surface area contributed by atoms with Gasteiger partial charge in [0, 0.05) is 13.1 Å². The molecule has 0 bridgehead atoms. The molecule has 104 valence electrons. The van der Waals surface area contributed by atoms with Gasteiger partial charge in [0.25, 0.3) is 5.69 Å². The maximum Gasteiger partial charge on any atom is 0.295 e. The van der Waals surface area contributed by atoms with E-state index in [0.717, 1.165) is 32.0 Å². The fourth-order valence-electron chi connectivity index (χ4n) is 2.38. The third-order valence-electron chi connectivity index (χ3n) is 3.55. The van der Waals surface area contributed by atoms with Crippen LogP contribution in [-0.2, 0) is 0 Å². The van der Waals surface area contributed by atoms with E-state index in [0.29, 0.717) is 12.2 Å². The fraction of sp³-hybridized carbons (Fsp3) is 0.538. The quantitative estimate of drug-likeness (QED) is 0.650. The standard InChI is InChI=1S/C13H18FN3O2/c1-13(5-2-6-15-8-13)9-16-11-4-3-10(14)7-12(11)17(18)19/h3-4,7,15-16H,2,5-6,8-9H2,1H3. The van der Waals surface area contributed by atoms with Gasteiger partial charge >= 0.3 is 0 Å². The molecule has 1 fully saturated rings. The van der Waals surface area contributed by atoms with Crippen LogP contribution < -0.4 is 10.6 Å². The summed E-state index contributed by atoms with van der Waals surface area (Å²) < 4.78 is 13.0. The molecule has 19 heavy (non-hydrogen) atoms. The summed E-state index contributed by atoms with van der Waals surface area (Å²) in [6.45, 7) is 4.68. The molecule has 0 amide bonds. The van der Waals surface area contributed by atoms with Crippen LogP contribution >= 0.6 is 0 Å². The molecule has 1 unspecified atom stereocenters. The highest BCUT2D eigenvalue weighted by molar-refractivity contribution is 5.61. The van der Waals surface area contributed by atoms with Crippen LogP contribution in [0.4, 0.5) is 15.8 Å². The molecule has 1 saturated heterocycles. The Hall–Kier alpha value is -1.69. The smallest absolute Gasteiger partial charge is 0.295 e. The zero-order chi connectivity index (χ0) is 13.9. The van der Waals surface area contributed by atoms with Crippen LogP contribution in [0.1, 0.15) is 19.8 Å². The highest BCUT2D eigenvalue weighted by Gasteiger charge is 2.27. The summed E-state index contributed by atoms with van der Waals surface area (Å²) in [5.74, 6) is -0.595. The van der Waals surface area contributed by atoms with Gasteiger partial charge in [0.1, 0.15) is 11.5 Å². The van der Waals surface area contributed by atoms with E-state index in [9.17, 15) is 14.5 Å². The van der Waals surface area contributed by atoms with Crippen LogP contribution in [-0.4, -0.2) is 24.6 Å². The second kappa shape index (κ2) is 5.52. The first-order valence-electron chi connectivity index (χ1n) is 6.39. The molecule has 1 heterocycles. The average Bonchev–Trinajstić information content (AvgIpc) is 2.38. The van der Waals surface area contributed by atoms with Crippen LogP contribution in [0.3, 0.4) is 0 Å². The maximum atomic E-state index is 13.0. The largest absolute Gasteiger partial charge is 0.379 e. The van der Waals surface area contributed by atoms with Crippen molar-refractivity contribution in [3.63, 3.8) is 0 Å². The van der Waals surface area contributed by atoms with Gasteiger partial charge in [0.2, 0.25) is 0 Å². The van der Waals surface area contributed by atoms with Gasteiger partial charge in [0.15, 0.2) is 0 Å². The summed E-state index contributed by atoms with van der Waals surface area (Å²) in [5, 5.41) is 17.3. The number of nitrogens with zero attached hydrogens (tertiary/aromatic N) is 1. The molecule has 1 atom stereocenters. The Balaban J connectivity index is 2.08. The topological polar surface area (TPSA) is 67.2 Å². The lowest BCUT2D eigenvalue weighted by Crippen LogP contribution is -2.42. The molecule has 0 radical (unpaired) electrons.